The second kappa shape index (κ2) is 16.3. The molecule has 0 saturated heterocycles. The molecule has 3 heteroatoms. The summed E-state index contributed by atoms with van der Waals surface area (Å²) in [4.78, 5) is 0. The molecular weight excluding hydrogens is 253 g/mol. The van der Waals surface area contributed by atoms with E-state index >= 15 is 0 Å². The molecule has 0 fully saturated rings. The predicted molar refractivity (Wildman–Crippen MR) is 75.9 cm³/mol. The third-order valence-corrected chi connectivity index (χ3v) is 3.18. The molecule has 0 aromatic rings. The van der Waals surface area contributed by atoms with Gasteiger partial charge in [0, 0.05) is 0 Å². The fraction of sp³-hybridized carbons (Fsp3) is 1.00. The third-order valence-electron chi connectivity index (χ3n) is 3.18. The first kappa shape index (κ1) is 24.3. The number of nitrogens with zero attached hydrogens (tertiary/aromatic N) is 1. The Kier molecular flexibility index (Phi) is 22.0. The number of hydrogen-bond acceptors (Lipinski definition) is 0. The standard InChI is InChI=1S/C15H34N.ClH.Na.H/c1-5-6-7-8-9-10-11-12-13-14-15-16(2,3)4;;;/h5-15H2,1-4H3;1H;;/q+1;;+1;-1/p-1. The van der Waals surface area contributed by atoms with Crippen molar-refractivity contribution in [2.45, 2.75) is 71.1 Å². The minimum absolute atomic E-state index is 0. The maximum Gasteiger partial charge on any atom is 1.00 e. The van der Waals surface area contributed by atoms with Gasteiger partial charge >= 0.3 is 29.6 Å². The molecule has 0 bridgehead atoms. The average Bonchev–Trinajstić information content (AvgIpc) is 2.19. The Labute approximate surface area is 146 Å². The molecule has 0 N–H and O–H groups in total. The van der Waals surface area contributed by atoms with Gasteiger partial charge in [0.1, 0.15) is 0 Å². The summed E-state index contributed by atoms with van der Waals surface area (Å²) in [7, 11) is 6.86. The Balaban J connectivity index is -0.000000375. The van der Waals surface area contributed by atoms with Gasteiger partial charge in [0.15, 0.2) is 0 Å². The first-order valence-electron chi connectivity index (χ1n) is 7.36. The minimum Gasteiger partial charge on any atom is -1.00 e. The molecule has 108 valence electrons. The van der Waals surface area contributed by atoms with E-state index in [1.54, 1.807) is 0 Å². The van der Waals surface area contributed by atoms with Gasteiger partial charge < -0.3 is 18.3 Å². The van der Waals surface area contributed by atoms with Crippen LogP contribution in [0.25, 0.3) is 0 Å². The van der Waals surface area contributed by atoms with Gasteiger partial charge in [-0.1, -0.05) is 58.3 Å². The van der Waals surface area contributed by atoms with Crippen molar-refractivity contribution in [1.82, 2.24) is 0 Å². The molecule has 0 aromatic carbocycles. The minimum atomic E-state index is 0. The summed E-state index contributed by atoms with van der Waals surface area (Å²) in [6, 6.07) is 0. The van der Waals surface area contributed by atoms with Crippen molar-refractivity contribution in [2.24, 2.45) is 0 Å². The van der Waals surface area contributed by atoms with Gasteiger partial charge in [-0.2, -0.15) is 0 Å². The molecule has 0 amide bonds. The maximum atomic E-state index is 2.29. The molecule has 0 unspecified atom stereocenters. The molecule has 0 aliphatic carbocycles. The zero-order valence-corrected chi connectivity index (χ0v) is 16.4. The Bertz CT molecular complexity index is 152. The fourth-order valence-electron chi connectivity index (χ4n) is 2.07. The van der Waals surface area contributed by atoms with E-state index in [2.05, 4.69) is 28.1 Å². The molecule has 0 rings (SSSR count). The Morgan fingerprint density at radius 2 is 1.00 bits per heavy atom. The fourth-order valence-corrected chi connectivity index (χ4v) is 2.07. The molecule has 1 nitrogen and oxygen atoms in total. The molecule has 0 spiro atoms. The van der Waals surface area contributed by atoms with Gasteiger partial charge in [0.2, 0.25) is 0 Å². The van der Waals surface area contributed by atoms with E-state index in [1.165, 1.54) is 70.8 Å². The van der Waals surface area contributed by atoms with Gasteiger partial charge in [-0.15, -0.1) is 0 Å². The molecule has 0 aliphatic rings. The van der Waals surface area contributed by atoms with Crippen LogP contribution in [-0.4, -0.2) is 32.2 Å². The maximum absolute atomic E-state index is 2.29. The number of unbranched alkanes of at least 4 members (excludes halogenated alkanes) is 9. The zero-order chi connectivity index (χ0) is 12.3. The van der Waals surface area contributed by atoms with Crippen LogP contribution < -0.4 is 42.0 Å². The van der Waals surface area contributed by atoms with Crippen LogP contribution in [0, 0.1) is 0 Å². The number of rotatable bonds is 11. The summed E-state index contributed by atoms with van der Waals surface area (Å²) in [5.74, 6) is 0. The molecule has 0 aromatic heterocycles. The van der Waals surface area contributed by atoms with E-state index < -0.39 is 0 Å². The van der Waals surface area contributed by atoms with Crippen molar-refractivity contribution in [1.29, 1.82) is 0 Å². The van der Waals surface area contributed by atoms with Crippen molar-refractivity contribution >= 4 is 0 Å². The van der Waals surface area contributed by atoms with Crippen LogP contribution in [-0.2, 0) is 0 Å². The van der Waals surface area contributed by atoms with Crippen LogP contribution in [0.3, 0.4) is 0 Å². The van der Waals surface area contributed by atoms with E-state index in [9.17, 15) is 0 Å². The number of halogens is 1. The Morgan fingerprint density at radius 3 is 1.33 bits per heavy atom. The van der Waals surface area contributed by atoms with E-state index in [-0.39, 0.29) is 43.4 Å². The van der Waals surface area contributed by atoms with Crippen molar-refractivity contribution in [3.63, 3.8) is 0 Å². The van der Waals surface area contributed by atoms with E-state index in [0.717, 1.165) is 4.48 Å². The van der Waals surface area contributed by atoms with E-state index in [1.807, 2.05) is 0 Å². The molecule has 0 aliphatic heterocycles. The smallest absolute Gasteiger partial charge is 1.00 e. The van der Waals surface area contributed by atoms with Crippen molar-refractivity contribution in [3.05, 3.63) is 0 Å². The predicted octanol–water partition coefficient (Wildman–Crippen LogP) is -1.27. The van der Waals surface area contributed by atoms with Crippen molar-refractivity contribution < 1.29 is 47.9 Å². The van der Waals surface area contributed by atoms with Gasteiger partial charge in [-0.05, 0) is 12.8 Å². The first-order valence-corrected chi connectivity index (χ1v) is 7.36. The largest absolute Gasteiger partial charge is 1.00 e. The summed E-state index contributed by atoms with van der Waals surface area (Å²) >= 11 is 0. The number of hydrogen-bond donors (Lipinski definition) is 0. The summed E-state index contributed by atoms with van der Waals surface area (Å²) in [6.45, 7) is 3.62. The third kappa shape index (κ3) is 22.4. The molecule has 0 radical (unpaired) electrons. The second-order valence-electron chi connectivity index (χ2n) is 6.20. The molecule has 0 saturated carbocycles. The molecule has 18 heavy (non-hydrogen) atoms. The van der Waals surface area contributed by atoms with Gasteiger partial charge in [-0.3, -0.25) is 0 Å². The van der Waals surface area contributed by atoms with Crippen molar-refractivity contribution in [3.8, 4) is 0 Å². The van der Waals surface area contributed by atoms with Gasteiger partial charge in [-0.25, -0.2) is 0 Å². The van der Waals surface area contributed by atoms with Crippen LogP contribution in [0.2, 0.25) is 0 Å². The molecule has 0 atom stereocenters. The van der Waals surface area contributed by atoms with Gasteiger partial charge in [0.25, 0.3) is 0 Å². The van der Waals surface area contributed by atoms with Crippen LogP contribution in [0.15, 0.2) is 0 Å². The SMILES string of the molecule is CCCCCCCCCCCC[N+](C)(C)C.[Cl-].[H-].[Na+]. The van der Waals surface area contributed by atoms with Crippen LogP contribution in [0.1, 0.15) is 72.6 Å². The summed E-state index contributed by atoms with van der Waals surface area (Å²) in [6.07, 6.45) is 14.4. The van der Waals surface area contributed by atoms with Crippen LogP contribution >= 0.6 is 0 Å². The first-order chi connectivity index (χ1) is 7.56. The average molecular weight is 288 g/mol. The summed E-state index contributed by atoms with van der Waals surface area (Å²) in [5.41, 5.74) is 0. The zero-order valence-electron chi connectivity index (χ0n) is 14.6. The van der Waals surface area contributed by atoms with E-state index in [4.69, 9.17) is 0 Å². The second-order valence-corrected chi connectivity index (χ2v) is 6.20. The topological polar surface area (TPSA) is 0 Å². The molecular formula is C15H35ClNNa. The summed E-state index contributed by atoms with van der Waals surface area (Å²) in [5, 5.41) is 0. The van der Waals surface area contributed by atoms with Gasteiger partial charge in [0.05, 0.1) is 27.7 Å². The summed E-state index contributed by atoms with van der Waals surface area (Å²) < 4.78 is 1.12. The Hall–Kier alpha value is 1.25. The van der Waals surface area contributed by atoms with E-state index in [0.29, 0.717) is 0 Å². The Morgan fingerprint density at radius 1 is 0.667 bits per heavy atom. The quantitative estimate of drug-likeness (QED) is 0.253. The normalized spacial score (nSPS) is 10.7. The van der Waals surface area contributed by atoms with Crippen molar-refractivity contribution in [2.75, 3.05) is 27.7 Å². The monoisotopic (exact) mass is 287 g/mol. The number of quaternary nitrogens is 1. The van der Waals surface area contributed by atoms with Crippen LogP contribution in [0.5, 0.6) is 0 Å². The van der Waals surface area contributed by atoms with Crippen LogP contribution in [0.4, 0.5) is 0 Å². The molecule has 0 heterocycles.